The summed E-state index contributed by atoms with van der Waals surface area (Å²) in [6.07, 6.45) is 5.60. The normalized spacial score (nSPS) is 12.3. The summed E-state index contributed by atoms with van der Waals surface area (Å²) < 4.78 is 0. The number of aromatic nitrogens is 4. The predicted molar refractivity (Wildman–Crippen MR) is 81.2 cm³/mol. The van der Waals surface area contributed by atoms with E-state index in [-0.39, 0.29) is 6.04 Å². The molecule has 21 heavy (non-hydrogen) atoms. The van der Waals surface area contributed by atoms with Crippen LogP contribution < -0.4 is 5.73 Å². The zero-order chi connectivity index (χ0) is 14.7. The van der Waals surface area contributed by atoms with Gasteiger partial charge in [0.05, 0.1) is 22.9 Å². The van der Waals surface area contributed by atoms with Gasteiger partial charge in [-0.1, -0.05) is 29.8 Å². The molecule has 0 aliphatic rings. The van der Waals surface area contributed by atoms with Crippen LogP contribution in [0.4, 0.5) is 0 Å². The van der Waals surface area contributed by atoms with Gasteiger partial charge in [-0.3, -0.25) is 4.98 Å². The van der Waals surface area contributed by atoms with Crippen LogP contribution in [0.2, 0.25) is 5.02 Å². The zero-order valence-electron chi connectivity index (χ0n) is 11.2. The second-order valence-corrected chi connectivity index (χ2v) is 5.08. The minimum Gasteiger partial charge on any atom is -0.322 e. The zero-order valence-corrected chi connectivity index (χ0v) is 12.0. The maximum absolute atomic E-state index is 6.19. The smallest absolute Gasteiger partial charge is 0.100 e. The second-order valence-electron chi connectivity index (χ2n) is 4.67. The number of hydrogen-bond donors (Lipinski definition) is 1. The topological polar surface area (TPSA) is 69.6 Å². The molecule has 1 aromatic carbocycles. The third-order valence-electron chi connectivity index (χ3n) is 3.17. The average molecular weight is 300 g/mol. The van der Waals surface area contributed by atoms with Crippen molar-refractivity contribution in [1.29, 1.82) is 0 Å². The molecule has 6 heteroatoms. The number of pyridine rings is 1. The molecule has 0 saturated heterocycles. The lowest BCUT2D eigenvalue weighted by atomic mass is 10.1. The van der Waals surface area contributed by atoms with E-state index < -0.39 is 0 Å². The molecule has 3 aromatic rings. The van der Waals surface area contributed by atoms with Crippen molar-refractivity contribution >= 4 is 11.6 Å². The first-order chi connectivity index (χ1) is 10.2. The highest BCUT2D eigenvalue weighted by Gasteiger charge is 2.13. The van der Waals surface area contributed by atoms with E-state index in [1.807, 2.05) is 36.4 Å². The fraction of sp³-hybridized carbons (Fsp3) is 0.133. The molecule has 0 aliphatic carbocycles. The molecule has 2 aromatic heterocycles. The third-order valence-corrected chi connectivity index (χ3v) is 3.51. The van der Waals surface area contributed by atoms with Crippen LogP contribution in [0.3, 0.4) is 0 Å². The molecule has 5 nitrogen and oxygen atoms in total. The summed E-state index contributed by atoms with van der Waals surface area (Å²) >= 11 is 6.10. The molecule has 1 unspecified atom stereocenters. The van der Waals surface area contributed by atoms with Gasteiger partial charge in [-0.25, -0.2) is 0 Å². The first kappa shape index (κ1) is 13.7. The van der Waals surface area contributed by atoms with Crippen LogP contribution in [0.1, 0.15) is 17.3 Å². The van der Waals surface area contributed by atoms with Gasteiger partial charge >= 0.3 is 0 Å². The van der Waals surface area contributed by atoms with Gasteiger partial charge in [-0.2, -0.15) is 15.0 Å². The molecule has 0 spiro atoms. The van der Waals surface area contributed by atoms with Crippen molar-refractivity contribution in [2.24, 2.45) is 5.73 Å². The van der Waals surface area contributed by atoms with E-state index in [4.69, 9.17) is 17.3 Å². The average Bonchev–Trinajstić information content (AvgIpc) is 3.00. The van der Waals surface area contributed by atoms with Gasteiger partial charge in [0.2, 0.25) is 0 Å². The monoisotopic (exact) mass is 299 g/mol. The van der Waals surface area contributed by atoms with Crippen LogP contribution in [0.25, 0.3) is 5.69 Å². The first-order valence-electron chi connectivity index (χ1n) is 6.55. The molecular formula is C15H14ClN5. The van der Waals surface area contributed by atoms with Gasteiger partial charge in [-0.15, -0.1) is 0 Å². The van der Waals surface area contributed by atoms with Crippen molar-refractivity contribution < 1.29 is 0 Å². The largest absolute Gasteiger partial charge is 0.322 e. The van der Waals surface area contributed by atoms with Crippen molar-refractivity contribution in [1.82, 2.24) is 20.0 Å². The van der Waals surface area contributed by atoms with E-state index in [9.17, 15) is 0 Å². The molecule has 0 saturated carbocycles. The Morgan fingerprint density at radius 1 is 1.14 bits per heavy atom. The molecule has 0 bridgehead atoms. The van der Waals surface area contributed by atoms with Gasteiger partial charge in [0, 0.05) is 12.4 Å². The highest BCUT2D eigenvalue weighted by Crippen LogP contribution is 2.20. The molecule has 2 N–H and O–H groups in total. The minimum atomic E-state index is -0.262. The van der Waals surface area contributed by atoms with Crippen molar-refractivity contribution in [3.63, 3.8) is 0 Å². The number of para-hydroxylation sites is 1. The first-order valence-corrected chi connectivity index (χ1v) is 6.93. The van der Waals surface area contributed by atoms with Crippen molar-refractivity contribution in [3.8, 4) is 5.69 Å². The lowest BCUT2D eigenvalue weighted by molar-refractivity contribution is 0.665. The number of benzene rings is 1. The van der Waals surface area contributed by atoms with Gasteiger partial charge in [0.15, 0.2) is 0 Å². The molecule has 1 atom stereocenters. The summed E-state index contributed by atoms with van der Waals surface area (Å²) in [5.41, 5.74) is 8.77. The Kier molecular flexibility index (Phi) is 3.94. The number of nitrogens with zero attached hydrogens (tertiary/aromatic N) is 4. The fourth-order valence-corrected chi connectivity index (χ4v) is 2.24. The SMILES string of the molecule is NC(Cc1ccncc1Cl)c1cnn(-c2ccccc2)n1. The summed E-state index contributed by atoms with van der Waals surface area (Å²) in [5.74, 6) is 0. The Labute approximate surface area is 127 Å². The fourth-order valence-electron chi connectivity index (χ4n) is 2.04. The quantitative estimate of drug-likeness (QED) is 0.804. The van der Waals surface area contributed by atoms with E-state index in [1.165, 1.54) is 0 Å². The summed E-state index contributed by atoms with van der Waals surface area (Å²) in [6, 6.07) is 11.3. The lowest BCUT2D eigenvalue weighted by Gasteiger charge is -2.09. The Morgan fingerprint density at radius 2 is 1.95 bits per heavy atom. The van der Waals surface area contributed by atoms with Gasteiger partial charge in [-0.05, 0) is 30.2 Å². The Morgan fingerprint density at radius 3 is 2.71 bits per heavy atom. The molecule has 0 amide bonds. The van der Waals surface area contributed by atoms with Crippen LogP contribution in [0.15, 0.2) is 55.0 Å². The van der Waals surface area contributed by atoms with Gasteiger partial charge < -0.3 is 5.73 Å². The van der Waals surface area contributed by atoms with Crippen LogP contribution >= 0.6 is 11.6 Å². The number of hydrogen-bond acceptors (Lipinski definition) is 4. The second kappa shape index (κ2) is 6.03. The van der Waals surface area contributed by atoms with E-state index in [0.717, 1.165) is 16.9 Å². The van der Waals surface area contributed by atoms with E-state index in [0.29, 0.717) is 11.4 Å². The Balaban J connectivity index is 1.79. The summed E-state index contributed by atoms with van der Waals surface area (Å²) in [6.45, 7) is 0. The third kappa shape index (κ3) is 3.09. The molecule has 2 heterocycles. The van der Waals surface area contributed by atoms with E-state index in [2.05, 4.69) is 15.2 Å². The summed E-state index contributed by atoms with van der Waals surface area (Å²) in [7, 11) is 0. The maximum atomic E-state index is 6.19. The van der Waals surface area contributed by atoms with Crippen molar-refractivity contribution in [3.05, 3.63) is 71.3 Å². The molecule has 106 valence electrons. The Bertz CT molecular complexity index is 726. The molecule has 0 aliphatic heterocycles. The number of rotatable bonds is 4. The number of halogens is 1. The number of nitrogens with two attached hydrogens (primary N) is 1. The highest BCUT2D eigenvalue weighted by atomic mass is 35.5. The van der Waals surface area contributed by atoms with Crippen molar-refractivity contribution in [2.45, 2.75) is 12.5 Å². The summed E-state index contributed by atoms with van der Waals surface area (Å²) in [4.78, 5) is 5.54. The molecule has 3 rings (SSSR count). The summed E-state index contributed by atoms with van der Waals surface area (Å²) in [5, 5.41) is 9.29. The Hall–Kier alpha value is -2.24. The molecular weight excluding hydrogens is 286 g/mol. The van der Waals surface area contributed by atoms with E-state index in [1.54, 1.807) is 23.4 Å². The predicted octanol–water partition coefficient (Wildman–Crippen LogP) is 2.56. The highest BCUT2D eigenvalue weighted by molar-refractivity contribution is 6.31. The van der Waals surface area contributed by atoms with Crippen LogP contribution in [0.5, 0.6) is 0 Å². The minimum absolute atomic E-state index is 0.262. The maximum Gasteiger partial charge on any atom is 0.100 e. The van der Waals surface area contributed by atoms with E-state index >= 15 is 0 Å². The van der Waals surface area contributed by atoms with Crippen molar-refractivity contribution in [2.75, 3.05) is 0 Å². The lowest BCUT2D eigenvalue weighted by Crippen LogP contribution is -2.14. The van der Waals surface area contributed by atoms with Crippen LogP contribution in [-0.4, -0.2) is 20.0 Å². The van der Waals surface area contributed by atoms with Gasteiger partial charge in [0.1, 0.15) is 5.69 Å². The molecule has 0 fully saturated rings. The van der Waals surface area contributed by atoms with Gasteiger partial charge in [0.25, 0.3) is 0 Å². The standard InChI is InChI=1S/C15H14ClN5/c16-13-9-18-7-6-11(13)8-14(17)15-10-19-21(20-15)12-4-2-1-3-5-12/h1-7,9-10,14H,8,17H2. The van der Waals surface area contributed by atoms with Crippen LogP contribution in [0, 0.1) is 0 Å². The van der Waals surface area contributed by atoms with Crippen LogP contribution in [-0.2, 0) is 6.42 Å². The molecule has 0 radical (unpaired) electrons.